The first-order valence-corrected chi connectivity index (χ1v) is 11.3. The summed E-state index contributed by atoms with van der Waals surface area (Å²) < 4.78 is 24.6. The van der Waals surface area contributed by atoms with E-state index in [9.17, 15) is 18.0 Å². The van der Waals surface area contributed by atoms with Crippen molar-refractivity contribution in [2.45, 2.75) is 32.1 Å². The van der Waals surface area contributed by atoms with Gasteiger partial charge < -0.3 is 10.2 Å². The van der Waals surface area contributed by atoms with Crippen molar-refractivity contribution in [3.05, 3.63) is 29.8 Å². The van der Waals surface area contributed by atoms with Gasteiger partial charge in [-0.15, -0.1) is 0 Å². The summed E-state index contributed by atoms with van der Waals surface area (Å²) in [6.07, 6.45) is 6.42. The first kappa shape index (κ1) is 19.8. The van der Waals surface area contributed by atoms with E-state index < -0.39 is 10.0 Å². The van der Waals surface area contributed by atoms with Crippen LogP contribution in [0.15, 0.2) is 24.3 Å². The predicted molar refractivity (Wildman–Crippen MR) is 104 cm³/mol. The third-order valence-electron chi connectivity index (χ3n) is 5.35. The van der Waals surface area contributed by atoms with Crippen LogP contribution in [0, 0.1) is 5.92 Å². The van der Waals surface area contributed by atoms with Gasteiger partial charge in [-0.25, -0.2) is 8.42 Å². The molecule has 148 valence electrons. The maximum absolute atomic E-state index is 12.7. The molecule has 8 heteroatoms. The number of hydrogen-bond acceptors (Lipinski definition) is 4. The van der Waals surface area contributed by atoms with E-state index in [1.165, 1.54) is 17.0 Å². The number of anilines is 1. The van der Waals surface area contributed by atoms with E-state index in [1.807, 2.05) is 0 Å². The number of carbonyl (C=O) groups excluding carboxylic acids is 2. The minimum absolute atomic E-state index is 0.0288. The molecule has 0 atom stereocenters. The Bertz CT molecular complexity index is 795. The number of nitrogens with one attached hydrogen (secondary N) is 1. The zero-order chi connectivity index (χ0) is 19.4. The maximum atomic E-state index is 12.7. The molecule has 2 amide bonds. The van der Waals surface area contributed by atoms with E-state index in [0.29, 0.717) is 37.4 Å². The Morgan fingerprint density at radius 3 is 2.33 bits per heavy atom. The Hall–Kier alpha value is -1.93. The molecule has 0 spiro atoms. The summed E-state index contributed by atoms with van der Waals surface area (Å²) in [6, 6.07) is 6.98. The quantitative estimate of drug-likeness (QED) is 0.847. The van der Waals surface area contributed by atoms with Crippen LogP contribution in [0.5, 0.6) is 0 Å². The molecule has 3 rings (SSSR count). The summed E-state index contributed by atoms with van der Waals surface area (Å²) in [6.45, 7) is 1.35. The van der Waals surface area contributed by atoms with Crippen LogP contribution in [0.4, 0.5) is 5.69 Å². The van der Waals surface area contributed by atoms with Crippen LogP contribution >= 0.6 is 0 Å². The van der Waals surface area contributed by atoms with Crippen LogP contribution in [0.1, 0.15) is 42.5 Å². The van der Waals surface area contributed by atoms with Gasteiger partial charge in [0.15, 0.2) is 0 Å². The highest BCUT2D eigenvalue weighted by molar-refractivity contribution is 7.88. The molecular formula is C19H27N3O4S. The summed E-state index contributed by atoms with van der Waals surface area (Å²) >= 11 is 0. The van der Waals surface area contributed by atoms with E-state index >= 15 is 0 Å². The van der Waals surface area contributed by atoms with Crippen molar-refractivity contribution in [1.82, 2.24) is 9.21 Å². The third-order valence-corrected chi connectivity index (χ3v) is 6.65. The van der Waals surface area contributed by atoms with Crippen molar-refractivity contribution < 1.29 is 18.0 Å². The highest BCUT2D eigenvalue weighted by atomic mass is 32.2. The molecule has 27 heavy (non-hydrogen) atoms. The monoisotopic (exact) mass is 393 g/mol. The second-order valence-electron chi connectivity index (χ2n) is 7.36. The van der Waals surface area contributed by atoms with Crippen molar-refractivity contribution in [3.8, 4) is 0 Å². The molecule has 1 aliphatic carbocycles. The number of hydrogen-bond donors (Lipinski definition) is 1. The second-order valence-corrected chi connectivity index (χ2v) is 9.34. The summed E-state index contributed by atoms with van der Waals surface area (Å²) in [7, 11) is -3.22. The molecule has 0 unspecified atom stereocenters. The second kappa shape index (κ2) is 8.39. The molecule has 1 aliphatic heterocycles. The summed E-state index contributed by atoms with van der Waals surface area (Å²) in [5.41, 5.74) is 1.13. The lowest BCUT2D eigenvalue weighted by atomic mass is 9.88. The van der Waals surface area contributed by atoms with E-state index in [0.717, 1.165) is 25.7 Å². The fourth-order valence-electron chi connectivity index (χ4n) is 3.74. The van der Waals surface area contributed by atoms with Gasteiger partial charge in [-0.05, 0) is 31.0 Å². The zero-order valence-corrected chi connectivity index (χ0v) is 16.5. The van der Waals surface area contributed by atoms with Crippen molar-refractivity contribution >= 4 is 27.5 Å². The van der Waals surface area contributed by atoms with Gasteiger partial charge in [0.25, 0.3) is 5.91 Å². The number of rotatable bonds is 4. The van der Waals surface area contributed by atoms with E-state index in [-0.39, 0.29) is 17.7 Å². The van der Waals surface area contributed by atoms with Gasteiger partial charge in [0.1, 0.15) is 0 Å². The van der Waals surface area contributed by atoms with Crippen molar-refractivity contribution in [2.75, 3.05) is 37.8 Å². The van der Waals surface area contributed by atoms with Crippen LogP contribution in [0.25, 0.3) is 0 Å². The molecule has 2 fully saturated rings. The summed E-state index contributed by atoms with van der Waals surface area (Å²) in [5, 5.41) is 2.94. The van der Waals surface area contributed by atoms with E-state index in [2.05, 4.69) is 5.32 Å². The molecule has 0 aromatic heterocycles. The predicted octanol–water partition coefficient (Wildman–Crippen LogP) is 1.92. The zero-order valence-electron chi connectivity index (χ0n) is 15.7. The standard InChI is InChI=1S/C19H27N3O4S/c1-27(25,26)22-12-10-21(11-13-22)19(24)16-8-5-9-17(14-16)20-18(23)15-6-3-2-4-7-15/h5,8-9,14-15H,2-4,6-7,10-13H2,1H3,(H,20,23). The smallest absolute Gasteiger partial charge is 0.254 e. The van der Waals surface area contributed by atoms with Crippen LogP contribution in [-0.2, 0) is 14.8 Å². The Labute approximate surface area is 160 Å². The van der Waals surface area contributed by atoms with Gasteiger partial charge in [-0.2, -0.15) is 4.31 Å². The molecular weight excluding hydrogens is 366 g/mol. The van der Waals surface area contributed by atoms with Crippen molar-refractivity contribution in [2.24, 2.45) is 5.92 Å². The lowest BCUT2D eigenvalue weighted by Gasteiger charge is -2.33. The lowest BCUT2D eigenvalue weighted by Crippen LogP contribution is -2.50. The molecule has 2 aliphatic rings. The number of sulfonamides is 1. The highest BCUT2D eigenvalue weighted by Gasteiger charge is 2.27. The molecule has 1 heterocycles. The third kappa shape index (κ3) is 5.07. The van der Waals surface area contributed by atoms with Crippen LogP contribution in [0.2, 0.25) is 0 Å². The summed E-state index contributed by atoms with van der Waals surface area (Å²) in [5.74, 6) is -0.0554. The first-order chi connectivity index (χ1) is 12.8. The largest absolute Gasteiger partial charge is 0.336 e. The van der Waals surface area contributed by atoms with Gasteiger partial charge in [-0.3, -0.25) is 9.59 Å². The Kier molecular flexibility index (Phi) is 6.16. The number of amides is 2. The average Bonchev–Trinajstić information content (AvgIpc) is 2.68. The van der Waals surface area contributed by atoms with Gasteiger partial charge in [0.05, 0.1) is 6.26 Å². The summed E-state index contributed by atoms with van der Waals surface area (Å²) in [4.78, 5) is 26.8. The molecule has 0 radical (unpaired) electrons. The molecule has 1 aromatic rings. The normalized spacial score (nSPS) is 19.7. The van der Waals surface area contributed by atoms with Crippen LogP contribution < -0.4 is 5.32 Å². The van der Waals surface area contributed by atoms with Gasteiger partial charge >= 0.3 is 0 Å². The van der Waals surface area contributed by atoms with E-state index in [4.69, 9.17) is 0 Å². The Morgan fingerprint density at radius 2 is 1.70 bits per heavy atom. The van der Waals surface area contributed by atoms with Crippen LogP contribution in [-0.4, -0.2) is 61.9 Å². The average molecular weight is 394 g/mol. The SMILES string of the molecule is CS(=O)(=O)N1CCN(C(=O)c2cccc(NC(=O)C3CCCCC3)c2)CC1. The van der Waals surface area contributed by atoms with Gasteiger partial charge in [0, 0.05) is 43.3 Å². The molecule has 1 saturated carbocycles. The lowest BCUT2D eigenvalue weighted by molar-refractivity contribution is -0.120. The van der Waals surface area contributed by atoms with E-state index in [1.54, 1.807) is 29.2 Å². The minimum Gasteiger partial charge on any atom is -0.336 e. The molecule has 0 bridgehead atoms. The first-order valence-electron chi connectivity index (χ1n) is 9.50. The molecule has 7 nitrogen and oxygen atoms in total. The van der Waals surface area contributed by atoms with Crippen molar-refractivity contribution in [3.63, 3.8) is 0 Å². The fourth-order valence-corrected chi connectivity index (χ4v) is 4.57. The van der Waals surface area contributed by atoms with Crippen LogP contribution in [0.3, 0.4) is 0 Å². The van der Waals surface area contributed by atoms with Gasteiger partial charge in [0.2, 0.25) is 15.9 Å². The van der Waals surface area contributed by atoms with Gasteiger partial charge in [-0.1, -0.05) is 25.3 Å². The fraction of sp³-hybridized carbons (Fsp3) is 0.579. The highest BCUT2D eigenvalue weighted by Crippen LogP contribution is 2.25. The molecule has 1 aromatic carbocycles. The molecule has 1 N–H and O–H groups in total. The Balaban J connectivity index is 1.61. The van der Waals surface area contributed by atoms with Crippen molar-refractivity contribution in [1.29, 1.82) is 0 Å². The topological polar surface area (TPSA) is 86.8 Å². The number of piperazine rings is 1. The molecule has 1 saturated heterocycles. The number of carbonyl (C=O) groups is 2. The number of nitrogens with zero attached hydrogens (tertiary/aromatic N) is 2. The Morgan fingerprint density at radius 1 is 1.04 bits per heavy atom. The number of benzene rings is 1. The minimum atomic E-state index is -3.22. The maximum Gasteiger partial charge on any atom is 0.254 e.